The fourth-order valence-electron chi connectivity index (χ4n) is 2.70. The number of halogens is 2. The summed E-state index contributed by atoms with van der Waals surface area (Å²) in [5, 5.41) is 10.8. The number of aliphatic hydroxyl groups is 1. The predicted molar refractivity (Wildman–Crippen MR) is 93.9 cm³/mol. The lowest BCUT2D eigenvalue weighted by atomic mass is 9.96. The molecule has 124 valence electrons. The van der Waals surface area contributed by atoms with E-state index in [0.717, 1.165) is 12.0 Å². The molecule has 0 radical (unpaired) electrons. The highest BCUT2D eigenvalue weighted by atomic mass is 35.5. The first-order valence-corrected chi connectivity index (χ1v) is 8.32. The molecule has 0 aliphatic heterocycles. The van der Waals surface area contributed by atoms with Gasteiger partial charge in [-0.2, -0.15) is 0 Å². The van der Waals surface area contributed by atoms with E-state index < -0.39 is 0 Å². The molecule has 3 rings (SSSR count). The van der Waals surface area contributed by atoms with Crippen LogP contribution in [0.15, 0.2) is 36.2 Å². The number of carbonyl (C=O) groups is 1. The van der Waals surface area contributed by atoms with Gasteiger partial charge in [0, 0.05) is 19.0 Å². The Kier molecular flexibility index (Phi) is 4.78. The largest absolute Gasteiger partial charge is 0.512 e. The molecule has 6 heteroatoms. The lowest BCUT2D eigenvalue weighted by molar-refractivity contribution is -0.113. The molecule has 0 fully saturated rings. The molecule has 0 unspecified atom stereocenters. The number of hydrogen-bond acceptors (Lipinski definition) is 4. The molecular formula is C18H15Cl2NO3. The first-order chi connectivity index (χ1) is 11.5. The van der Waals surface area contributed by atoms with Gasteiger partial charge >= 0.3 is 0 Å². The summed E-state index contributed by atoms with van der Waals surface area (Å²) in [6.07, 6.45) is 2.89. The summed E-state index contributed by atoms with van der Waals surface area (Å²) in [4.78, 5) is 16.2. The minimum absolute atomic E-state index is 0.0537. The number of nitrogens with zero attached hydrogens (tertiary/aromatic N) is 1. The number of hydrogen-bond donors (Lipinski definition) is 1. The van der Waals surface area contributed by atoms with E-state index >= 15 is 0 Å². The third-order valence-electron chi connectivity index (χ3n) is 3.88. The third-order valence-corrected chi connectivity index (χ3v) is 4.35. The summed E-state index contributed by atoms with van der Waals surface area (Å²) in [7, 11) is 0. The van der Waals surface area contributed by atoms with Gasteiger partial charge in [0.2, 0.25) is 5.88 Å². The van der Waals surface area contributed by atoms with Crippen molar-refractivity contribution in [2.75, 3.05) is 0 Å². The quantitative estimate of drug-likeness (QED) is 0.792. The summed E-state index contributed by atoms with van der Waals surface area (Å²) >= 11 is 11.9. The van der Waals surface area contributed by atoms with Crippen LogP contribution in [-0.4, -0.2) is 15.9 Å². The standard InChI is InChI=1S/C18H15Cl2NO3/c1-2-10-3-4-12(24-18-14(20)7-11(19)9-21-18)8-13(10)17-15(22)5-6-16(17)23/h3-4,7-9,22H,2,5-6H2,1H3. The predicted octanol–water partition coefficient (Wildman–Crippen LogP) is 5.38. The fraction of sp³-hybridized carbons (Fsp3) is 0.222. The van der Waals surface area contributed by atoms with Crippen LogP contribution < -0.4 is 4.74 Å². The Morgan fingerprint density at radius 1 is 1.25 bits per heavy atom. The zero-order valence-corrected chi connectivity index (χ0v) is 14.5. The normalized spacial score (nSPS) is 14.4. The van der Waals surface area contributed by atoms with Crippen LogP contribution in [0.2, 0.25) is 10.0 Å². The topological polar surface area (TPSA) is 59.4 Å². The van der Waals surface area contributed by atoms with Crippen LogP contribution in [0.5, 0.6) is 11.6 Å². The fourth-order valence-corrected chi connectivity index (χ4v) is 3.12. The average molecular weight is 364 g/mol. The van der Waals surface area contributed by atoms with Crippen molar-refractivity contribution in [3.63, 3.8) is 0 Å². The summed E-state index contributed by atoms with van der Waals surface area (Å²) < 4.78 is 5.72. The maximum atomic E-state index is 12.1. The Balaban J connectivity index is 2.01. The molecule has 4 nitrogen and oxygen atoms in total. The van der Waals surface area contributed by atoms with Crippen molar-refractivity contribution < 1.29 is 14.6 Å². The van der Waals surface area contributed by atoms with Gasteiger partial charge in [-0.15, -0.1) is 0 Å². The van der Waals surface area contributed by atoms with Gasteiger partial charge in [0.25, 0.3) is 0 Å². The number of aryl methyl sites for hydroxylation is 1. The molecular weight excluding hydrogens is 349 g/mol. The lowest BCUT2D eigenvalue weighted by Crippen LogP contribution is -2.01. The van der Waals surface area contributed by atoms with Crippen molar-refractivity contribution in [2.24, 2.45) is 0 Å². The van der Waals surface area contributed by atoms with E-state index in [4.69, 9.17) is 27.9 Å². The van der Waals surface area contributed by atoms with Crippen LogP contribution in [-0.2, 0) is 11.2 Å². The Bertz CT molecular complexity index is 846. The summed E-state index contributed by atoms with van der Waals surface area (Å²) in [6.45, 7) is 1.99. The number of allylic oxidation sites excluding steroid dienone is 2. The Morgan fingerprint density at radius 3 is 2.67 bits per heavy atom. The first-order valence-electron chi connectivity index (χ1n) is 7.57. The molecule has 0 spiro atoms. The van der Waals surface area contributed by atoms with Crippen LogP contribution in [0.3, 0.4) is 0 Å². The highest BCUT2D eigenvalue weighted by Crippen LogP contribution is 2.36. The molecule has 1 heterocycles. The SMILES string of the molecule is CCc1ccc(Oc2ncc(Cl)cc2Cl)cc1C1=C(O)CCC1=O. The number of aliphatic hydroxyl groups excluding tert-OH is 1. The molecule has 1 aliphatic carbocycles. The summed E-state index contributed by atoms with van der Waals surface area (Å²) in [5.41, 5.74) is 2.04. The Hall–Kier alpha value is -2.04. The van der Waals surface area contributed by atoms with Crippen molar-refractivity contribution in [2.45, 2.75) is 26.2 Å². The molecule has 2 aromatic rings. The first kappa shape index (κ1) is 16.8. The van der Waals surface area contributed by atoms with Crippen LogP contribution in [0.25, 0.3) is 5.57 Å². The van der Waals surface area contributed by atoms with Gasteiger partial charge in [-0.25, -0.2) is 4.98 Å². The summed E-state index contributed by atoms with van der Waals surface area (Å²) in [6, 6.07) is 6.94. The van der Waals surface area contributed by atoms with E-state index in [2.05, 4.69) is 4.98 Å². The van der Waals surface area contributed by atoms with E-state index in [1.807, 2.05) is 13.0 Å². The molecule has 0 saturated heterocycles. The minimum Gasteiger partial charge on any atom is -0.512 e. The Labute approximate surface area is 149 Å². The molecule has 0 bridgehead atoms. The highest BCUT2D eigenvalue weighted by molar-refractivity contribution is 6.35. The van der Waals surface area contributed by atoms with Crippen molar-refractivity contribution in [1.82, 2.24) is 4.98 Å². The van der Waals surface area contributed by atoms with Crippen LogP contribution in [0.4, 0.5) is 0 Å². The van der Waals surface area contributed by atoms with Crippen molar-refractivity contribution >= 4 is 34.6 Å². The number of ketones is 1. The number of ether oxygens (including phenoxy) is 1. The second-order valence-corrected chi connectivity index (χ2v) is 6.30. The van der Waals surface area contributed by atoms with Crippen molar-refractivity contribution in [3.05, 3.63) is 57.4 Å². The maximum Gasteiger partial charge on any atom is 0.238 e. The molecule has 1 aliphatic rings. The number of benzene rings is 1. The minimum atomic E-state index is -0.0537. The van der Waals surface area contributed by atoms with Gasteiger partial charge in [0.05, 0.1) is 10.6 Å². The average Bonchev–Trinajstić information content (AvgIpc) is 2.89. The van der Waals surface area contributed by atoms with Crippen molar-refractivity contribution in [3.8, 4) is 11.6 Å². The second-order valence-electron chi connectivity index (χ2n) is 5.46. The second kappa shape index (κ2) is 6.83. The van der Waals surface area contributed by atoms with Gasteiger partial charge in [0.1, 0.15) is 16.5 Å². The van der Waals surface area contributed by atoms with E-state index in [1.54, 1.807) is 18.2 Å². The van der Waals surface area contributed by atoms with Gasteiger partial charge in [-0.3, -0.25) is 4.79 Å². The van der Waals surface area contributed by atoms with Crippen molar-refractivity contribution in [1.29, 1.82) is 0 Å². The summed E-state index contributed by atoms with van der Waals surface area (Å²) in [5.74, 6) is 0.794. The van der Waals surface area contributed by atoms with E-state index in [9.17, 15) is 9.90 Å². The van der Waals surface area contributed by atoms with Gasteiger partial charge in [-0.1, -0.05) is 36.2 Å². The van der Waals surface area contributed by atoms with E-state index in [1.165, 1.54) is 6.20 Å². The molecule has 1 N–H and O–H groups in total. The smallest absolute Gasteiger partial charge is 0.238 e. The zero-order chi connectivity index (χ0) is 17.3. The molecule has 1 aromatic carbocycles. The lowest BCUT2D eigenvalue weighted by Gasteiger charge is -2.12. The van der Waals surface area contributed by atoms with Crippen LogP contribution >= 0.6 is 23.2 Å². The van der Waals surface area contributed by atoms with Crippen LogP contribution in [0, 0.1) is 0 Å². The number of Topliss-reactive ketones (excluding diaryl/α,β-unsaturated/α-hetero) is 1. The monoisotopic (exact) mass is 363 g/mol. The molecule has 0 amide bonds. The van der Waals surface area contributed by atoms with Gasteiger partial charge in [0.15, 0.2) is 5.78 Å². The number of carbonyl (C=O) groups excluding carboxylic acids is 1. The molecule has 0 atom stereocenters. The number of aromatic nitrogens is 1. The molecule has 0 saturated carbocycles. The zero-order valence-electron chi connectivity index (χ0n) is 13.0. The molecule has 1 aromatic heterocycles. The van der Waals surface area contributed by atoms with E-state index in [0.29, 0.717) is 39.8 Å². The maximum absolute atomic E-state index is 12.1. The Morgan fingerprint density at radius 2 is 2.04 bits per heavy atom. The van der Waals surface area contributed by atoms with E-state index in [-0.39, 0.29) is 17.4 Å². The number of rotatable bonds is 4. The van der Waals surface area contributed by atoms with Gasteiger partial charge < -0.3 is 9.84 Å². The number of pyridine rings is 1. The highest BCUT2D eigenvalue weighted by Gasteiger charge is 2.26. The molecule has 24 heavy (non-hydrogen) atoms. The third kappa shape index (κ3) is 3.25. The van der Waals surface area contributed by atoms with Gasteiger partial charge in [-0.05, 0) is 35.7 Å². The van der Waals surface area contributed by atoms with Crippen LogP contribution in [0.1, 0.15) is 30.9 Å².